The van der Waals surface area contributed by atoms with Crippen LogP contribution in [0.3, 0.4) is 0 Å². The molecule has 0 bridgehead atoms. The molecule has 0 nitrogen and oxygen atoms in total. The predicted octanol–water partition coefficient (Wildman–Crippen LogP) is -18.0. The standard InChI is InChI=1S/Am.6FH/h;6*1H/q+6;;;;;;/p-6. The molecule has 0 spiro atoms. The zero-order chi connectivity index (χ0) is 0. The van der Waals surface area contributed by atoms with Crippen LogP contribution >= 0.6 is 0 Å². The van der Waals surface area contributed by atoms with Gasteiger partial charge in [-0.05, 0) is 0 Å². The van der Waals surface area contributed by atoms with Crippen molar-refractivity contribution < 1.29 is 42.5 Å². The van der Waals surface area contributed by atoms with Crippen LogP contribution in [-0.4, -0.2) is 0 Å². The number of hydrogen-bond acceptors (Lipinski definition) is 0. The molecule has 0 aliphatic heterocycles. The number of hydrogen-bond donors (Lipinski definition) is 0. The minimum Gasteiger partial charge on any atom is -1.00 e. The van der Waals surface area contributed by atoms with Crippen molar-refractivity contribution in [2.45, 2.75) is 0 Å². The SMILES string of the molecule is [Am+6].[F-].[F-].[F-].[F-].[F-].[F-]. The van der Waals surface area contributed by atoms with Gasteiger partial charge in [0.2, 0.25) is 0 Å². The van der Waals surface area contributed by atoms with Gasteiger partial charge in [0.15, 0.2) is 0 Å². The van der Waals surface area contributed by atoms with Crippen LogP contribution in [0.1, 0.15) is 0 Å². The Morgan fingerprint density at radius 1 is 0.286 bits per heavy atom. The van der Waals surface area contributed by atoms with E-state index in [9.17, 15) is 0 Å². The predicted molar refractivity (Wildman–Crippen MR) is 0 cm³/mol. The minimum absolute atomic E-state index is 0. The summed E-state index contributed by atoms with van der Waals surface area (Å²) in [4.78, 5) is 0. The minimum atomic E-state index is 0. The molecule has 0 N–H and O–H groups in total. The van der Waals surface area contributed by atoms with Crippen molar-refractivity contribution in [3.63, 3.8) is 0 Å². The van der Waals surface area contributed by atoms with E-state index in [-0.39, 0.29) is 42.5 Å². The Labute approximate surface area is 43.7 Å². The van der Waals surface area contributed by atoms with Gasteiger partial charge in [-0.1, -0.05) is 0 Å². The summed E-state index contributed by atoms with van der Waals surface area (Å²) < 4.78 is 0. The fourth-order valence-corrected chi connectivity index (χ4v) is 0. The van der Waals surface area contributed by atoms with Crippen LogP contribution in [0.15, 0.2) is 0 Å². The Bertz CT molecular complexity index is 4.14. The topological polar surface area (TPSA) is 0 Å². The summed E-state index contributed by atoms with van der Waals surface area (Å²) in [6, 6.07) is 0. The molecule has 0 saturated heterocycles. The van der Waals surface area contributed by atoms with Crippen LogP contribution in [0.4, 0.5) is 0 Å². The molecule has 1 radical (unpaired) electrons. The van der Waals surface area contributed by atoms with E-state index in [0.717, 1.165) is 0 Å². The summed E-state index contributed by atoms with van der Waals surface area (Å²) in [7, 11) is 0. The van der Waals surface area contributed by atoms with Crippen LogP contribution in [0.25, 0.3) is 0 Å². The maximum absolute atomic E-state index is 0. The number of halogens is 6. The van der Waals surface area contributed by atoms with Crippen molar-refractivity contribution in [1.82, 2.24) is 0 Å². The first-order valence-corrected chi connectivity index (χ1v) is 0. The molecule has 49 valence electrons. The summed E-state index contributed by atoms with van der Waals surface area (Å²) in [6.45, 7) is 0. The van der Waals surface area contributed by atoms with Gasteiger partial charge < -0.3 is 28.2 Å². The average Bonchev–Trinajstić information content (AvgIpc) is 0. The molecule has 0 heterocycles. The molecule has 0 atom stereocenters. The molecule has 0 aromatic rings. The zero-order valence-electron chi connectivity index (χ0n) is 2.65. The molecular weight excluding hydrogens is 357 g/mol. The van der Waals surface area contributed by atoms with Crippen LogP contribution in [0.2, 0.25) is 0 Å². The van der Waals surface area contributed by atoms with Gasteiger partial charge in [0.25, 0.3) is 0 Å². The Balaban J connectivity index is 0. The van der Waals surface area contributed by atoms with Crippen molar-refractivity contribution >= 4 is 0 Å². The van der Waals surface area contributed by atoms with Crippen LogP contribution in [0, 0.1) is 14.3 Å². The molecule has 0 aromatic heterocycles. The Kier molecular flexibility index (Phi) is 6130000000. The fraction of sp³-hybridized carbons (Fsp3) is 0. The van der Waals surface area contributed by atoms with Crippen molar-refractivity contribution in [2.75, 3.05) is 0 Å². The zero-order valence-corrected chi connectivity index (χ0v) is 5.79. The molecule has 0 fully saturated rings. The van der Waals surface area contributed by atoms with Gasteiger partial charge in [-0.3, -0.25) is 0 Å². The van der Waals surface area contributed by atoms with Crippen molar-refractivity contribution in [1.29, 1.82) is 0 Å². The smallest absolute Gasteiger partial charge is 1.00 e. The van der Waals surface area contributed by atoms with Gasteiger partial charge in [-0.2, -0.15) is 0 Å². The quantitative estimate of drug-likeness (QED) is 0.378. The van der Waals surface area contributed by atoms with Crippen LogP contribution in [-0.2, 0) is 0 Å². The average molecular weight is 357 g/mol. The molecule has 7 heteroatoms. The van der Waals surface area contributed by atoms with Gasteiger partial charge in [-0.15, -0.1) is 0 Å². The van der Waals surface area contributed by atoms with Crippen LogP contribution < -0.4 is 28.2 Å². The van der Waals surface area contributed by atoms with E-state index in [2.05, 4.69) is 0 Å². The van der Waals surface area contributed by atoms with Gasteiger partial charge in [0.1, 0.15) is 0 Å². The maximum atomic E-state index is 0. The second-order valence-corrected chi connectivity index (χ2v) is 0. The summed E-state index contributed by atoms with van der Waals surface area (Å²) in [5, 5.41) is 0. The van der Waals surface area contributed by atoms with E-state index >= 15 is 0 Å². The summed E-state index contributed by atoms with van der Waals surface area (Å²) >= 11 is 0. The van der Waals surface area contributed by atoms with E-state index in [0.29, 0.717) is 0 Å². The van der Waals surface area contributed by atoms with Gasteiger partial charge in [0, 0.05) is 0 Å². The molecule has 0 aliphatic rings. The molecule has 7 heavy (non-hydrogen) atoms. The largest absolute Gasteiger partial charge is 6.00 e. The fourth-order valence-electron chi connectivity index (χ4n) is 0. The third-order valence-corrected chi connectivity index (χ3v) is 0. The normalized spacial score (nSPS) is 0. The molecule has 0 aromatic carbocycles. The first-order valence-electron chi connectivity index (χ1n) is 0. The summed E-state index contributed by atoms with van der Waals surface area (Å²) in [6.07, 6.45) is 0. The molecule has 0 aliphatic carbocycles. The van der Waals surface area contributed by atoms with E-state index in [4.69, 9.17) is 0 Å². The molecule has 0 amide bonds. The molecular formula is AmF6. The van der Waals surface area contributed by atoms with Crippen molar-refractivity contribution in [3.05, 3.63) is 0 Å². The first-order chi connectivity index (χ1) is 0. The Hall–Kier alpha value is -0.0304. The van der Waals surface area contributed by atoms with E-state index in [1.165, 1.54) is 0 Å². The molecule has 0 unspecified atom stereocenters. The third kappa shape index (κ3) is 102000. The Morgan fingerprint density at radius 2 is 0.286 bits per heavy atom. The molecule has 0 rings (SSSR count). The van der Waals surface area contributed by atoms with E-state index < -0.39 is 0 Å². The van der Waals surface area contributed by atoms with Gasteiger partial charge in [-0.25, -0.2) is 0 Å². The monoisotopic (exact) mass is 355 g/mol. The second-order valence-electron chi connectivity index (χ2n) is 0. The van der Waals surface area contributed by atoms with Crippen molar-refractivity contribution in [2.24, 2.45) is 0 Å². The van der Waals surface area contributed by atoms with E-state index in [1.807, 2.05) is 0 Å². The van der Waals surface area contributed by atoms with Gasteiger partial charge >= 0.3 is 14.3 Å². The Morgan fingerprint density at radius 3 is 0.286 bits per heavy atom. The van der Waals surface area contributed by atoms with Gasteiger partial charge in [0.05, 0.1) is 0 Å². The summed E-state index contributed by atoms with van der Waals surface area (Å²) in [5.74, 6) is 0. The molecule has 0 saturated carbocycles. The number of rotatable bonds is 0. The van der Waals surface area contributed by atoms with Crippen LogP contribution in [0.5, 0.6) is 0 Å². The maximum Gasteiger partial charge on any atom is 6.00 e. The summed E-state index contributed by atoms with van der Waals surface area (Å²) in [5.41, 5.74) is 0. The second kappa shape index (κ2) is 160000. The third-order valence-electron chi connectivity index (χ3n) is 0. The first kappa shape index (κ1) is 269000. The van der Waals surface area contributed by atoms with Crippen molar-refractivity contribution in [3.8, 4) is 0 Å². The van der Waals surface area contributed by atoms with E-state index in [1.54, 1.807) is 0 Å².